The van der Waals surface area contributed by atoms with Gasteiger partial charge in [0.15, 0.2) is 10.9 Å². The van der Waals surface area contributed by atoms with Gasteiger partial charge in [0.05, 0.1) is 0 Å². The first-order valence-corrected chi connectivity index (χ1v) is 7.87. The van der Waals surface area contributed by atoms with Crippen molar-refractivity contribution in [3.05, 3.63) is 34.1 Å². The molecule has 1 saturated carbocycles. The highest BCUT2D eigenvalue weighted by Gasteiger charge is 2.22. The third-order valence-electron chi connectivity index (χ3n) is 3.14. The second-order valence-corrected chi connectivity index (χ2v) is 6.52. The van der Waals surface area contributed by atoms with E-state index >= 15 is 0 Å². The topological polar surface area (TPSA) is 38.1 Å². The molecule has 0 unspecified atom stereocenters. The Balaban J connectivity index is 1.70. The molecule has 0 atom stereocenters. The molecule has 2 aromatic heterocycles. The lowest BCUT2D eigenvalue weighted by molar-refractivity contribution is 0.629. The monoisotopic (exact) mass is 334 g/mol. The minimum atomic E-state index is 0.630. The van der Waals surface area contributed by atoms with Gasteiger partial charge in [0.1, 0.15) is 11.3 Å². The maximum atomic E-state index is 5.84. The van der Waals surface area contributed by atoms with Gasteiger partial charge < -0.3 is 9.73 Å². The number of furan rings is 1. The predicted octanol–water partition coefficient (Wildman–Crippen LogP) is 4.89. The quantitative estimate of drug-likeness (QED) is 0.740. The molecule has 0 spiro atoms. The van der Waals surface area contributed by atoms with Gasteiger partial charge in [0, 0.05) is 21.3 Å². The molecule has 19 heavy (non-hydrogen) atoms. The van der Waals surface area contributed by atoms with E-state index in [1.54, 1.807) is 11.3 Å². The van der Waals surface area contributed by atoms with Crippen molar-refractivity contribution in [3.8, 4) is 11.5 Å². The van der Waals surface area contributed by atoms with Crippen LogP contribution in [-0.4, -0.2) is 11.0 Å². The maximum Gasteiger partial charge on any atom is 0.183 e. The molecule has 0 radical (unpaired) electrons. The Bertz CT molecular complexity index is 745. The Morgan fingerprint density at radius 2 is 2.21 bits per heavy atom. The lowest BCUT2D eigenvalue weighted by Crippen LogP contribution is -1.99. The van der Waals surface area contributed by atoms with Gasteiger partial charge in [-0.3, -0.25) is 0 Å². The smallest absolute Gasteiger partial charge is 0.183 e. The van der Waals surface area contributed by atoms with Gasteiger partial charge in [-0.15, -0.1) is 11.3 Å². The SMILES string of the molecule is Brc1ccc2oc(-c3csc(NC4CC4)n3)cc2c1. The summed E-state index contributed by atoms with van der Waals surface area (Å²) in [5, 5.41) is 7.52. The van der Waals surface area contributed by atoms with Gasteiger partial charge in [0.25, 0.3) is 0 Å². The lowest BCUT2D eigenvalue weighted by Gasteiger charge is -1.95. The number of thiazole rings is 1. The van der Waals surface area contributed by atoms with E-state index in [1.165, 1.54) is 12.8 Å². The number of aromatic nitrogens is 1. The minimum Gasteiger partial charge on any atom is -0.454 e. The van der Waals surface area contributed by atoms with Crippen molar-refractivity contribution in [1.29, 1.82) is 0 Å². The van der Waals surface area contributed by atoms with E-state index in [0.717, 1.165) is 32.0 Å². The zero-order valence-electron chi connectivity index (χ0n) is 10.0. The van der Waals surface area contributed by atoms with Crippen molar-refractivity contribution in [1.82, 2.24) is 4.98 Å². The molecule has 5 heteroatoms. The van der Waals surface area contributed by atoms with E-state index in [2.05, 4.69) is 32.3 Å². The first kappa shape index (κ1) is 11.5. The number of benzene rings is 1. The third kappa shape index (κ3) is 2.28. The number of hydrogen-bond acceptors (Lipinski definition) is 4. The van der Waals surface area contributed by atoms with Crippen LogP contribution in [0, 0.1) is 0 Å². The van der Waals surface area contributed by atoms with Gasteiger partial charge in [-0.2, -0.15) is 0 Å². The van der Waals surface area contributed by atoms with Crippen LogP contribution in [0.15, 0.2) is 38.5 Å². The number of nitrogens with zero attached hydrogens (tertiary/aromatic N) is 1. The first-order valence-electron chi connectivity index (χ1n) is 6.19. The fourth-order valence-electron chi connectivity index (χ4n) is 2.00. The summed E-state index contributed by atoms with van der Waals surface area (Å²) in [4.78, 5) is 4.58. The summed E-state index contributed by atoms with van der Waals surface area (Å²) in [5.74, 6) is 0.827. The molecule has 3 nitrogen and oxygen atoms in total. The van der Waals surface area contributed by atoms with Crippen molar-refractivity contribution < 1.29 is 4.42 Å². The Morgan fingerprint density at radius 3 is 3.05 bits per heavy atom. The van der Waals surface area contributed by atoms with Crippen LogP contribution >= 0.6 is 27.3 Å². The van der Waals surface area contributed by atoms with Gasteiger partial charge in [-0.25, -0.2) is 4.98 Å². The summed E-state index contributed by atoms with van der Waals surface area (Å²) in [6.07, 6.45) is 2.52. The lowest BCUT2D eigenvalue weighted by atomic mass is 10.2. The minimum absolute atomic E-state index is 0.630. The van der Waals surface area contributed by atoms with Crippen LogP contribution in [0.2, 0.25) is 0 Å². The fraction of sp³-hybridized carbons (Fsp3) is 0.214. The van der Waals surface area contributed by atoms with Gasteiger partial charge in [0.2, 0.25) is 0 Å². The van der Waals surface area contributed by atoms with Crippen LogP contribution in [0.3, 0.4) is 0 Å². The summed E-state index contributed by atoms with van der Waals surface area (Å²) < 4.78 is 6.90. The van der Waals surface area contributed by atoms with Gasteiger partial charge in [-0.1, -0.05) is 15.9 Å². The molecule has 1 N–H and O–H groups in total. The molecule has 1 aromatic carbocycles. The number of halogens is 1. The zero-order valence-corrected chi connectivity index (χ0v) is 12.4. The zero-order chi connectivity index (χ0) is 12.8. The average molecular weight is 335 g/mol. The van der Waals surface area contributed by atoms with Crippen LogP contribution in [0.4, 0.5) is 5.13 Å². The van der Waals surface area contributed by atoms with E-state index in [0.29, 0.717) is 6.04 Å². The van der Waals surface area contributed by atoms with Crippen molar-refractivity contribution >= 4 is 43.4 Å². The third-order valence-corrected chi connectivity index (χ3v) is 4.41. The highest BCUT2D eigenvalue weighted by atomic mass is 79.9. The van der Waals surface area contributed by atoms with Gasteiger partial charge >= 0.3 is 0 Å². The predicted molar refractivity (Wildman–Crippen MR) is 81.7 cm³/mol. The van der Waals surface area contributed by atoms with Crippen molar-refractivity contribution in [2.24, 2.45) is 0 Å². The fourth-order valence-corrected chi connectivity index (χ4v) is 3.15. The largest absolute Gasteiger partial charge is 0.454 e. The molecule has 4 rings (SSSR count). The summed E-state index contributed by atoms with van der Waals surface area (Å²) >= 11 is 5.11. The molecule has 3 aromatic rings. The molecule has 96 valence electrons. The first-order chi connectivity index (χ1) is 9.28. The number of fused-ring (bicyclic) bond motifs is 1. The Labute approximate surface area is 122 Å². The Morgan fingerprint density at radius 1 is 1.32 bits per heavy atom. The maximum absolute atomic E-state index is 5.84. The summed E-state index contributed by atoms with van der Waals surface area (Å²) in [7, 11) is 0. The molecule has 1 fully saturated rings. The molecule has 1 aliphatic carbocycles. The van der Waals surface area contributed by atoms with E-state index in [1.807, 2.05) is 23.6 Å². The average Bonchev–Trinajstić information content (AvgIpc) is 2.91. The Hall–Kier alpha value is -1.33. The van der Waals surface area contributed by atoms with Gasteiger partial charge in [-0.05, 0) is 37.1 Å². The molecule has 2 heterocycles. The molecule has 0 saturated heterocycles. The second kappa shape index (κ2) is 4.35. The summed E-state index contributed by atoms with van der Waals surface area (Å²) in [6.45, 7) is 0. The second-order valence-electron chi connectivity index (χ2n) is 4.75. The van der Waals surface area contributed by atoms with Crippen LogP contribution in [0.5, 0.6) is 0 Å². The van der Waals surface area contributed by atoms with Crippen LogP contribution < -0.4 is 5.32 Å². The number of anilines is 1. The molecule has 1 aliphatic rings. The number of hydrogen-bond donors (Lipinski definition) is 1. The highest BCUT2D eigenvalue weighted by molar-refractivity contribution is 9.10. The van der Waals surface area contributed by atoms with Crippen LogP contribution in [0.25, 0.3) is 22.4 Å². The summed E-state index contributed by atoms with van der Waals surface area (Å²) in [5.41, 5.74) is 1.79. The van der Waals surface area contributed by atoms with Crippen molar-refractivity contribution in [2.75, 3.05) is 5.32 Å². The molecular formula is C14H11BrN2OS. The summed E-state index contributed by atoms with van der Waals surface area (Å²) in [6, 6.07) is 8.68. The van der Waals surface area contributed by atoms with E-state index < -0.39 is 0 Å². The highest BCUT2D eigenvalue weighted by Crippen LogP contribution is 2.33. The molecule has 0 aliphatic heterocycles. The molecule has 0 bridgehead atoms. The molecule has 0 amide bonds. The van der Waals surface area contributed by atoms with Crippen molar-refractivity contribution in [3.63, 3.8) is 0 Å². The normalized spacial score (nSPS) is 15.0. The van der Waals surface area contributed by atoms with Crippen LogP contribution in [-0.2, 0) is 0 Å². The Kier molecular flexibility index (Phi) is 2.63. The van der Waals surface area contributed by atoms with E-state index in [9.17, 15) is 0 Å². The number of rotatable bonds is 3. The van der Waals surface area contributed by atoms with Crippen molar-refractivity contribution in [2.45, 2.75) is 18.9 Å². The van der Waals surface area contributed by atoms with Crippen LogP contribution in [0.1, 0.15) is 12.8 Å². The standard InChI is InChI=1S/C14H11BrN2OS/c15-9-1-4-12-8(5-9)6-13(18-12)11-7-19-14(17-11)16-10-2-3-10/h1,4-7,10H,2-3H2,(H,16,17). The molecular weight excluding hydrogens is 324 g/mol. The number of nitrogens with one attached hydrogen (secondary N) is 1. The van der Waals surface area contributed by atoms with E-state index in [-0.39, 0.29) is 0 Å². The van der Waals surface area contributed by atoms with E-state index in [4.69, 9.17) is 4.42 Å².